The predicted molar refractivity (Wildman–Crippen MR) is 56.5 cm³/mol. The molecule has 2 N–H and O–H groups in total. The van der Waals surface area contributed by atoms with Crippen molar-refractivity contribution in [1.29, 1.82) is 0 Å². The van der Waals surface area contributed by atoms with E-state index in [1.54, 1.807) is 6.92 Å². The Kier molecular flexibility index (Phi) is 4.25. The second-order valence-corrected chi connectivity index (χ2v) is 3.33. The summed E-state index contributed by atoms with van der Waals surface area (Å²) in [6.45, 7) is 1.64. The average Bonchev–Trinajstić information content (AvgIpc) is 2.30. The number of carbonyl (C=O) groups is 1. The second kappa shape index (κ2) is 5.46. The summed E-state index contributed by atoms with van der Waals surface area (Å²) in [7, 11) is 1.26. The molecular formula is C11H14FNO3. The van der Waals surface area contributed by atoms with Crippen molar-refractivity contribution in [3.63, 3.8) is 0 Å². The van der Waals surface area contributed by atoms with Crippen LogP contribution in [0.15, 0.2) is 24.3 Å². The van der Waals surface area contributed by atoms with Gasteiger partial charge in [-0.05, 0) is 31.2 Å². The molecule has 0 aromatic heterocycles. The average molecular weight is 227 g/mol. The van der Waals surface area contributed by atoms with Crippen molar-refractivity contribution in [2.45, 2.75) is 19.1 Å². The van der Waals surface area contributed by atoms with Gasteiger partial charge in [-0.15, -0.1) is 0 Å². The molecule has 16 heavy (non-hydrogen) atoms. The fourth-order valence-corrected chi connectivity index (χ4v) is 1.13. The van der Waals surface area contributed by atoms with Gasteiger partial charge < -0.3 is 15.2 Å². The highest BCUT2D eigenvalue weighted by atomic mass is 19.1. The van der Waals surface area contributed by atoms with E-state index in [1.165, 1.54) is 31.4 Å². The number of benzene rings is 1. The van der Waals surface area contributed by atoms with Crippen molar-refractivity contribution in [2.75, 3.05) is 7.11 Å². The minimum atomic E-state index is -0.866. The molecule has 1 aromatic rings. The zero-order valence-corrected chi connectivity index (χ0v) is 9.14. The van der Waals surface area contributed by atoms with Crippen LogP contribution in [0.3, 0.4) is 0 Å². The quantitative estimate of drug-likeness (QED) is 0.782. The lowest BCUT2D eigenvalue weighted by Crippen LogP contribution is -2.44. The SMILES string of the molecule is COC(=O)[C@H](N)[C@H](C)Oc1ccc(F)cc1. The molecule has 2 atom stereocenters. The Labute approximate surface area is 93.2 Å². The molecule has 1 rings (SSSR count). The van der Waals surface area contributed by atoms with E-state index in [1.807, 2.05) is 0 Å². The third-order valence-corrected chi connectivity index (χ3v) is 2.11. The molecule has 4 nitrogen and oxygen atoms in total. The summed E-state index contributed by atoms with van der Waals surface area (Å²) in [5, 5.41) is 0. The summed E-state index contributed by atoms with van der Waals surface area (Å²) in [4.78, 5) is 11.1. The maximum atomic E-state index is 12.6. The van der Waals surface area contributed by atoms with E-state index in [2.05, 4.69) is 4.74 Å². The summed E-state index contributed by atoms with van der Waals surface area (Å²) in [5.74, 6) is -0.444. The first-order valence-corrected chi connectivity index (χ1v) is 4.80. The molecule has 0 aliphatic carbocycles. The molecule has 0 aliphatic rings. The van der Waals surface area contributed by atoms with Crippen LogP contribution in [0.4, 0.5) is 4.39 Å². The molecular weight excluding hydrogens is 213 g/mol. The Hall–Kier alpha value is -1.62. The molecule has 5 heteroatoms. The molecule has 0 saturated carbocycles. The number of carbonyl (C=O) groups excluding carboxylic acids is 1. The van der Waals surface area contributed by atoms with E-state index in [4.69, 9.17) is 10.5 Å². The lowest BCUT2D eigenvalue weighted by Gasteiger charge is -2.19. The number of methoxy groups -OCH3 is 1. The van der Waals surface area contributed by atoms with E-state index in [-0.39, 0.29) is 5.82 Å². The summed E-state index contributed by atoms with van der Waals surface area (Å²) < 4.78 is 22.5. The molecule has 0 heterocycles. The molecule has 0 spiro atoms. The topological polar surface area (TPSA) is 61.5 Å². The molecule has 88 valence electrons. The van der Waals surface area contributed by atoms with Crippen LogP contribution in [-0.2, 0) is 9.53 Å². The first-order valence-electron chi connectivity index (χ1n) is 4.80. The Morgan fingerprint density at radius 1 is 1.38 bits per heavy atom. The molecule has 1 aromatic carbocycles. The molecule has 0 aliphatic heterocycles. The number of nitrogens with two attached hydrogens (primary N) is 1. The Balaban J connectivity index is 2.60. The fourth-order valence-electron chi connectivity index (χ4n) is 1.13. The Bertz CT molecular complexity index is 353. The maximum Gasteiger partial charge on any atom is 0.326 e. The summed E-state index contributed by atoms with van der Waals surface area (Å²) >= 11 is 0. The first-order chi connectivity index (χ1) is 7.54. The minimum Gasteiger partial charge on any atom is -0.488 e. The van der Waals surface area contributed by atoms with Gasteiger partial charge in [0.15, 0.2) is 0 Å². The van der Waals surface area contributed by atoms with Gasteiger partial charge in [0.25, 0.3) is 0 Å². The van der Waals surface area contributed by atoms with Crippen LogP contribution in [0.5, 0.6) is 5.75 Å². The van der Waals surface area contributed by atoms with E-state index >= 15 is 0 Å². The Morgan fingerprint density at radius 2 is 1.94 bits per heavy atom. The lowest BCUT2D eigenvalue weighted by atomic mass is 10.2. The van der Waals surface area contributed by atoms with E-state index in [9.17, 15) is 9.18 Å². The van der Waals surface area contributed by atoms with Gasteiger partial charge in [-0.3, -0.25) is 4.79 Å². The number of esters is 1. The van der Waals surface area contributed by atoms with Crippen molar-refractivity contribution in [3.05, 3.63) is 30.1 Å². The third-order valence-electron chi connectivity index (χ3n) is 2.11. The van der Waals surface area contributed by atoms with E-state index < -0.39 is 18.1 Å². The van der Waals surface area contributed by atoms with Crippen LogP contribution in [0, 0.1) is 5.82 Å². The van der Waals surface area contributed by atoms with Crippen LogP contribution in [0.2, 0.25) is 0 Å². The highest BCUT2D eigenvalue weighted by Crippen LogP contribution is 2.14. The second-order valence-electron chi connectivity index (χ2n) is 3.33. The lowest BCUT2D eigenvalue weighted by molar-refractivity contribution is -0.144. The van der Waals surface area contributed by atoms with Gasteiger partial charge in [-0.1, -0.05) is 0 Å². The Morgan fingerprint density at radius 3 is 2.44 bits per heavy atom. The highest BCUT2D eigenvalue weighted by molar-refractivity contribution is 5.76. The van der Waals surface area contributed by atoms with Crippen molar-refractivity contribution in [3.8, 4) is 5.75 Å². The minimum absolute atomic E-state index is 0.350. The smallest absolute Gasteiger partial charge is 0.326 e. The van der Waals surface area contributed by atoms with Crippen LogP contribution < -0.4 is 10.5 Å². The van der Waals surface area contributed by atoms with Crippen LogP contribution >= 0.6 is 0 Å². The zero-order chi connectivity index (χ0) is 12.1. The highest BCUT2D eigenvalue weighted by Gasteiger charge is 2.22. The van der Waals surface area contributed by atoms with Crippen LogP contribution in [0.25, 0.3) is 0 Å². The first kappa shape index (κ1) is 12.4. The maximum absolute atomic E-state index is 12.6. The van der Waals surface area contributed by atoms with Crippen molar-refractivity contribution in [2.24, 2.45) is 5.73 Å². The monoisotopic (exact) mass is 227 g/mol. The molecule has 0 fully saturated rings. The van der Waals surface area contributed by atoms with E-state index in [0.29, 0.717) is 5.75 Å². The van der Waals surface area contributed by atoms with Crippen molar-refractivity contribution in [1.82, 2.24) is 0 Å². The molecule has 0 unspecified atom stereocenters. The molecule has 0 saturated heterocycles. The van der Waals surface area contributed by atoms with Gasteiger partial charge >= 0.3 is 5.97 Å². The van der Waals surface area contributed by atoms with Gasteiger partial charge in [0.2, 0.25) is 0 Å². The van der Waals surface area contributed by atoms with Gasteiger partial charge in [0.1, 0.15) is 23.7 Å². The summed E-state index contributed by atoms with van der Waals surface area (Å²) in [6, 6.07) is 4.61. The van der Waals surface area contributed by atoms with Crippen molar-refractivity contribution >= 4 is 5.97 Å². The fraction of sp³-hybridized carbons (Fsp3) is 0.364. The summed E-state index contributed by atoms with van der Waals surface area (Å²) in [6.07, 6.45) is -0.544. The summed E-state index contributed by atoms with van der Waals surface area (Å²) in [5.41, 5.74) is 5.58. The van der Waals surface area contributed by atoms with Gasteiger partial charge in [0, 0.05) is 0 Å². The van der Waals surface area contributed by atoms with Gasteiger partial charge in [-0.25, -0.2) is 4.39 Å². The van der Waals surface area contributed by atoms with Gasteiger partial charge in [0.05, 0.1) is 7.11 Å². The number of ether oxygens (including phenoxy) is 2. The standard InChI is InChI=1S/C11H14FNO3/c1-7(10(13)11(14)15-2)16-9-5-3-8(12)4-6-9/h3-7,10H,13H2,1-2H3/t7-,10+/m0/s1. The molecule has 0 bridgehead atoms. The van der Waals surface area contributed by atoms with Gasteiger partial charge in [-0.2, -0.15) is 0 Å². The molecule has 0 amide bonds. The number of rotatable bonds is 4. The third kappa shape index (κ3) is 3.20. The number of hydrogen-bond donors (Lipinski definition) is 1. The largest absolute Gasteiger partial charge is 0.488 e. The number of hydrogen-bond acceptors (Lipinski definition) is 4. The van der Waals surface area contributed by atoms with Crippen LogP contribution in [0.1, 0.15) is 6.92 Å². The predicted octanol–water partition coefficient (Wildman–Crippen LogP) is 1.09. The molecule has 0 radical (unpaired) electrons. The van der Waals surface area contributed by atoms with Crippen LogP contribution in [-0.4, -0.2) is 25.2 Å². The zero-order valence-electron chi connectivity index (χ0n) is 9.14. The van der Waals surface area contributed by atoms with E-state index in [0.717, 1.165) is 0 Å². The normalized spacial score (nSPS) is 14.0. The van der Waals surface area contributed by atoms with Crippen molar-refractivity contribution < 1.29 is 18.7 Å². The number of halogens is 1.